The maximum Gasteiger partial charge on any atom is 0.485 e. The molecular weight excluding hydrogens is 1110 g/mol. The van der Waals surface area contributed by atoms with Crippen molar-refractivity contribution in [3.63, 3.8) is 0 Å². The monoisotopic (exact) mass is 1180 g/mol. The third-order valence-corrected chi connectivity index (χ3v) is 20.3. The van der Waals surface area contributed by atoms with E-state index in [-0.39, 0.29) is 43.9 Å². The first-order valence-corrected chi connectivity index (χ1v) is 29.4. The van der Waals surface area contributed by atoms with Gasteiger partial charge in [0.25, 0.3) is 0 Å². The van der Waals surface area contributed by atoms with Crippen molar-refractivity contribution in [2.24, 2.45) is 0 Å². The van der Waals surface area contributed by atoms with Gasteiger partial charge in [-0.15, -0.1) is 22.7 Å². The second-order valence-corrected chi connectivity index (χ2v) is 26.8. The molecule has 4 atom stereocenters. The number of alkyl halides is 3. The first-order chi connectivity index (χ1) is 32.6. The van der Waals surface area contributed by atoms with Crippen molar-refractivity contribution in [1.82, 2.24) is 0 Å². The summed E-state index contributed by atoms with van der Waals surface area (Å²) in [7, 11) is -8.53. The molecule has 4 saturated heterocycles. The van der Waals surface area contributed by atoms with Crippen LogP contribution in [0.1, 0.15) is 134 Å². The van der Waals surface area contributed by atoms with Crippen molar-refractivity contribution >= 4 is 79.0 Å². The molecule has 20 heteroatoms. The maximum atomic E-state index is 10.7. The molecule has 9 rings (SSSR count). The summed E-state index contributed by atoms with van der Waals surface area (Å²) in [6.07, 6.45) is 16.6. The Morgan fingerprint density at radius 3 is 1.03 bits per heavy atom. The average Bonchev–Trinajstić information content (AvgIpc) is 4.08. The van der Waals surface area contributed by atoms with E-state index >= 15 is 0 Å². The Morgan fingerprint density at radius 2 is 0.803 bits per heavy atom. The molecule has 11 nitrogen and oxygen atoms in total. The van der Waals surface area contributed by atoms with Gasteiger partial charge in [0.05, 0.1) is 31.6 Å². The zero-order chi connectivity index (χ0) is 51.6. The maximum absolute atomic E-state index is 10.7. The SMILES string of the molecule is CCC1(CC)O[C@@H]2[C@@H](O1)C(C)(C)OP(c1cc3ccccc3s1)OC2(C)C.CCC1(CC)O[C@@H]2[C@@H](O1)C(C)(C)OP(c1cc3ccccc3s1)OC2(C)C.O=S(=O)([O-])C(F)(F)F.[CH]1[CH]CC[CH][CH]CC1.[Rh]. The summed E-state index contributed by atoms with van der Waals surface area (Å²) < 4.78 is 116. The zero-order valence-electron chi connectivity index (χ0n) is 42.6. The largest absolute Gasteiger partial charge is 0.741 e. The van der Waals surface area contributed by atoms with Crippen LogP contribution in [0.3, 0.4) is 0 Å². The first-order valence-electron chi connectivity index (χ1n) is 24.0. The molecule has 1 saturated carbocycles. The molecule has 2 aromatic carbocycles. The number of benzene rings is 2. The Kier molecular flexibility index (Phi) is 20.9. The minimum Gasteiger partial charge on any atom is -0.741 e. The van der Waals surface area contributed by atoms with Gasteiger partial charge in [-0.2, -0.15) is 13.2 Å². The number of hydrogen-bond donors (Lipinski definition) is 0. The molecule has 0 amide bonds. The van der Waals surface area contributed by atoms with E-state index < -0.39 is 66.4 Å². The first kappa shape index (κ1) is 61.1. The van der Waals surface area contributed by atoms with Gasteiger partial charge in [-0.3, -0.25) is 0 Å². The Labute approximate surface area is 443 Å². The number of fused-ring (bicyclic) bond motifs is 4. The van der Waals surface area contributed by atoms with Crippen LogP contribution in [0.15, 0.2) is 60.7 Å². The molecule has 4 aromatic rings. The van der Waals surface area contributed by atoms with Crippen molar-refractivity contribution in [3.05, 3.63) is 86.3 Å². The van der Waals surface area contributed by atoms with Crippen LogP contribution in [0, 0.1) is 25.7 Å². The van der Waals surface area contributed by atoms with Gasteiger partial charge in [0.2, 0.25) is 16.8 Å². The number of hydrogen-bond acceptors (Lipinski definition) is 13. The number of ether oxygens (including phenoxy) is 4. The van der Waals surface area contributed by atoms with Gasteiger partial charge in [-0.05, 0) is 167 Å². The summed E-state index contributed by atoms with van der Waals surface area (Å²) in [5, 5.41) is 2.46. The summed E-state index contributed by atoms with van der Waals surface area (Å²) in [6.45, 7) is 25.2. The average molecular weight is 1180 g/mol. The molecule has 71 heavy (non-hydrogen) atoms. The molecule has 5 radical (unpaired) electrons. The van der Waals surface area contributed by atoms with Gasteiger partial charge >= 0.3 is 5.51 Å². The molecule has 399 valence electrons. The fraction of sp³-hybridized carbons (Fsp3) is 0.608. The van der Waals surface area contributed by atoms with Crippen LogP contribution in [0.25, 0.3) is 20.2 Å². The second kappa shape index (κ2) is 24.3. The van der Waals surface area contributed by atoms with Crippen LogP contribution in [-0.2, 0) is 66.6 Å². The third kappa shape index (κ3) is 14.6. The van der Waals surface area contributed by atoms with E-state index in [0.29, 0.717) is 0 Å². The molecule has 6 heterocycles. The quantitative estimate of drug-likeness (QED) is 0.0791. The smallest absolute Gasteiger partial charge is 0.485 e. The van der Waals surface area contributed by atoms with Gasteiger partial charge in [-0.1, -0.05) is 64.1 Å². The standard InChI is InChI=1S/2C21H29O4PS.C8H12.CHF3O3S.Rh/c2*1-7-21(8-2)22-17-18(23-21)20(5,6)25-26(24-19(17,3)4)16-13-14-11-9-10-12-15(14)27-16;1-2-4-6-8-7-5-3-1;2-1(3,4)8(5,6)7;/h2*9-13,17-18H,7-8H2,1-6H3;1-2,7-8H,3-6H2;(H,5,6,7);/p-1/t2*17-,18-;;;/m11.../s1. The van der Waals surface area contributed by atoms with E-state index in [2.05, 4.69) is 169 Å². The number of halogens is 3. The molecule has 5 aliphatic rings. The summed E-state index contributed by atoms with van der Waals surface area (Å²) in [5.74, 6) is -1.09. The summed E-state index contributed by atoms with van der Waals surface area (Å²) in [4.78, 5) is 0. The Balaban J connectivity index is 0.000000200. The van der Waals surface area contributed by atoms with Crippen molar-refractivity contribution in [2.75, 3.05) is 0 Å². The van der Waals surface area contributed by atoms with Crippen molar-refractivity contribution in [3.8, 4) is 0 Å². The summed E-state index contributed by atoms with van der Waals surface area (Å²) in [6, 6.07) is 21.2. The van der Waals surface area contributed by atoms with Crippen LogP contribution < -0.4 is 9.24 Å². The summed E-state index contributed by atoms with van der Waals surface area (Å²) >= 11 is 3.50. The van der Waals surface area contributed by atoms with Crippen molar-refractivity contribution in [1.29, 1.82) is 0 Å². The van der Waals surface area contributed by atoms with Gasteiger partial charge in [-0.25, -0.2) is 8.42 Å². The molecule has 0 N–H and O–H groups in total. The molecule has 0 unspecified atom stereocenters. The minimum atomic E-state index is -6.09. The fourth-order valence-corrected chi connectivity index (χ4v) is 15.0. The number of rotatable bonds is 6. The van der Waals surface area contributed by atoms with Crippen LogP contribution in [0.4, 0.5) is 13.2 Å². The Bertz CT molecular complexity index is 2160. The molecule has 0 bridgehead atoms. The van der Waals surface area contributed by atoms with Gasteiger partial charge < -0.3 is 41.6 Å². The van der Waals surface area contributed by atoms with E-state index in [9.17, 15) is 13.2 Å². The molecule has 1 aliphatic carbocycles. The fourth-order valence-electron chi connectivity index (χ4n) is 8.67. The molecular formula is C51H70F3O11P2RhS3-. The van der Waals surface area contributed by atoms with E-state index in [1.165, 1.54) is 45.9 Å². The predicted molar refractivity (Wildman–Crippen MR) is 275 cm³/mol. The van der Waals surface area contributed by atoms with E-state index in [4.69, 9.17) is 50.0 Å². The zero-order valence-corrected chi connectivity index (χ0v) is 48.5. The van der Waals surface area contributed by atoms with E-state index in [1.54, 1.807) is 22.7 Å². The topological polar surface area (TPSA) is 131 Å². The van der Waals surface area contributed by atoms with E-state index in [1.807, 2.05) is 0 Å². The van der Waals surface area contributed by atoms with Crippen LogP contribution in [-0.4, -0.2) is 76.9 Å². The van der Waals surface area contributed by atoms with Crippen molar-refractivity contribution < 1.29 is 82.7 Å². The van der Waals surface area contributed by atoms with Gasteiger partial charge in [0.1, 0.15) is 24.4 Å². The van der Waals surface area contributed by atoms with E-state index in [0.717, 1.165) is 34.9 Å². The second-order valence-electron chi connectivity index (χ2n) is 19.9. The van der Waals surface area contributed by atoms with Crippen LogP contribution >= 0.6 is 39.4 Å². The minimum absolute atomic E-state index is 0. The third-order valence-electron chi connectivity index (χ3n) is 12.9. The normalized spacial score (nSPS) is 26.8. The van der Waals surface area contributed by atoms with Gasteiger partial charge in [0.15, 0.2) is 21.7 Å². The van der Waals surface area contributed by atoms with Crippen LogP contribution in [0.5, 0.6) is 0 Å². The Hall–Kier alpha value is -0.777. The number of thiophene rings is 2. The molecule has 4 aliphatic heterocycles. The van der Waals surface area contributed by atoms with Crippen molar-refractivity contribution in [2.45, 2.75) is 198 Å². The van der Waals surface area contributed by atoms with Gasteiger partial charge in [0, 0.05) is 28.9 Å². The molecule has 5 fully saturated rings. The molecule has 2 aromatic heterocycles. The molecule has 0 spiro atoms. The van der Waals surface area contributed by atoms with Crippen LogP contribution in [0.2, 0.25) is 0 Å². The predicted octanol–water partition coefficient (Wildman–Crippen LogP) is 13.9. The summed E-state index contributed by atoms with van der Waals surface area (Å²) in [5.41, 5.74) is -7.68. The Morgan fingerprint density at radius 1 is 0.549 bits per heavy atom.